The number of nitrogens with zero attached hydrogens (tertiary/aromatic N) is 2. The number of carbonyl (C=O) groups is 1. The highest BCUT2D eigenvalue weighted by Gasteiger charge is 2.13. The van der Waals surface area contributed by atoms with Crippen LogP contribution in [0.1, 0.15) is 43.4 Å². The molecule has 0 radical (unpaired) electrons. The van der Waals surface area contributed by atoms with Crippen LogP contribution in [0.5, 0.6) is 0 Å². The Labute approximate surface area is 107 Å². The number of aldehydes is 1. The maximum atomic E-state index is 10.9. The Morgan fingerprint density at radius 3 is 2.53 bits per heavy atom. The van der Waals surface area contributed by atoms with E-state index in [1.807, 2.05) is 0 Å². The Balaban J connectivity index is 2.80. The Morgan fingerprint density at radius 1 is 1.35 bits per heavy atom. The van der Waals surface area contributed by atoms with Gasteiger partial charge in [-0.15, -0.1) is 0 Å². The summed E-state index contributed by atoms with van der Waals surface area (Å²) in [5, 5.41) is 3.34. The lowest BCUT2D eigenvalue weighted by Gasteiger charge is -2.18. The molecule has 0 aliphatic rings. The second-order valence-electron chi connectivity index (χ2n) is 5.18. The van der Waals surface area contributed by atoms with Gasteiger partial charge in [-0.25, -0.2) is 9.97 Å². The third kappa shape index (κ3) is 4.30. The van der Waals surface area contributed by atoms with Crippen molar-refractivity contribution in [3.63, 3.8) is 0 Å². The average Bonchev–Trinajstić information content (AvgIpc) is 2.14. The van der Waals surface area contributed by atoms with Crippen molar-refractivity contribution in [3.8, 4) is 0 Å². The molecule has 4 nitrogen and oxygen atoms in total. The van der Waals surface area contributed by atoms with Gasteiger partial charge < -0.3 is 5.32 Å². The van der Waals surface area contributed by atoms with E-state index in [0.717, 1.165) is 13.0 Å². The van der Waals surface area contributed by atoms with Gasteiger partial charge in [0.05, 0.1) is 5.56 Å². The number of carbonyl (C=O) groups excluding carboxylic acids is 1. The van der Waals surface area contributed by atoms with E-state index in [1.165, 1.54) is 0 Å². The molecule has 17 heavy (non-hydrogen) atoms. The molecular formula is C12H18ClN3O. The summed E-state index contributed by atoms with van der Waals surface area (Å²) in [5.74, 6) is 1.07. The highest BCUT2D eigenvalue weighted by molar-refractivity contribution is 6.32. The monoisotopic (exact) mass is 255 g/mol. The molecule has 1 N–H and O–H groups in total. The second kappa shape index (κ2) is 5.45. The highest BCUT2D eigenvalue weighted by atomic mass is 35.5. The number of nitrogens with one attached hydrogen (secondary N) is 1. The molecule has 5 heteroatoms. The van der Waals surface area contributed by atoms with E-state index in [2.05, 4.69) is 36.1 Å². The summed E-state index contributed by atoms with van der Waals surface area (Å²) in [5.41, 5.74) is 0.561. The third-order valence-electron chi connectivity index (χ3n) is 2.30. The molecule has 1 aromatic rings. The molecule has 0 atom stereocenters. The van der Waals surface area contributed by atoms with Crippen LogP contribution in [-0.4, -0.2) is 22.8 Å². The lowest BCUT2D eigenvalue weighted by Crippen LogP contribution is -2.15. The van der Waals surface area contributed by atoms with Crippen molar-refractivity contribution in [2.75, 3.05) is 11.9 Å². The van der Waals surface area contributed by atoms with Crippen molar-refractivity contribution in [2.45, 2.75) is 34.1 Å². The van der Waals surface area contributed by atoms with E-state index >= 15 is 0 Å². The van der Waals surface area contributed by atoms with Gasteiger partial charge in [0, 0.05) is 6.54 Å². The van der Waals surface area contributed by atoms with E-state index in [4.69, 9.17) is 11.6 Å². The molecule has 1 rings (SSSR count). The fraction of sp³-hybridized carbons (Fsp3) is 0.583. The molecule has 0 aromatic carbocycles. The second-order valence-corrected chi connectivity index (χ2v) is 5.54. The number of anilines is 1. The summed E-state index contributed by atoms with van der Waals surface area (Å²) >= 11 is 5.88. The van der Waals surface area contributed by atoms with E-state index < -0.39 is 0 Å². The van der Waals surface area contributed by atoms with Crippen LogP contribution >= 0.6 is 11.6 Å². The van der Waals surface area contributed by atoms with Crippen LogP contribution in [0.4, 0.5) is 5.82 Å². The standard InChI is InChI=1S/C12H18ClN3O/c1-8-15-10(13)9(7-17)11(16-8)14-6-5-12(2,3)4/h7H,5-6H2,1-4H3,(H,14,15,16). The van der Waals surface area contributed by atoms with Gasteiger partial charge in [-0.3, -0.25) is 4.79 Å². The molecule has 0 saturated carbocycles. The van der Waals surface area contributed by atoms with Gasteiger partial charge in [0.25, 0.3) is 0 Å². The number of hydrogen-bond donors (Lipinski definition) is 1. The van der Waals surface area contributed by atoms with E-state index in [-0.39, 0.29) is 10.6 Å². The largest absolute Gasteiger partial charge is 0.369 e. The number of rotatable bonds is 4. The quantitative estimate of drug-likeness (QED) is 0.664. The Kier molecular flexibility index (Phi) is 4.46. The molecule has 0 spiro atoms. The highest BCUT2D eigenvalue weighted by Crippen LogP contribution is 2.21. The Morgan fingerprint density at radius 2 is 2.00 bits per heavy atom. The summed E-state index contributed by atoms with van der Waals surface area (Å²) in [6.45, 7) is 8.97. The first-order valence-corrected chi connectivity index (χ1v) is 5.94. The van der Waals surface area contributed by atoms with Crippen molar-refractivity contribution >= 4 is 23.7 Å². The molecule has 0 aliphatic carbocycles. The minimum absolute atomic E-state index is 0.200. The lowest BCUT2D eigenvalue weighted by atomic mass is 9.92. The average molecular weight is 256 g/mol. The number of aromatic nitrogens is 2. The predicted octanol–water partition coefficient (Wildman–Crippen LogP) is 3.10. The first-order valence-electron chi connectivity index (χ1n) is 5.56. The van der Waals surface area contributed by atoms with Crippen LogP contribution in [0.25, 0.3) is 0 Å². The topological polar surface area (TPSA) is 54.9 Å². The summed E-state index contributed by atoms with van der Waals surface area (Å²) < 4.78 is 0. The molecule has 0 fully saturated rings. The van der Waals surface area contributed by atoms with Crippen LogP contribution in [0, 0.1) is 12.3 Å². The van der Waals surface area contributed by atoms with Crippen LogP contribution in [-0.2, 0) is 0 Å². The smallest absolute Gasteiger partial charge is 0.156 e. The number of halogens is 1. The first kappa shape index (κ1) is 13.9. The van der Waals surface area contributed by atoms with Gasteiger partial charge >= 0.3 is 0 Å². The van der Waals surface area contributed by atoms with E-state index in [0.29, 0.717) is 23.5 Å². The first-order chi connectivity index (χ1) is 7.83. The summed E-state index contributed by atoms with van der Waals surface area (Å²) in [6.07, 6.45) is 1.66. The summed E-state index contributed by atoms with van der Waals surface area (Å²) in [4.78, 5) is 19.0. The molecular weight excluding hydrogens is 238 g/mol. The number of hydrogen-bond acceptors (Lipinski definition) is 4. The molecule has 94 valence electrons. The van der Waals surface area contributed by atoms with Gasteiger partial charge in [-0.05, 0) is 18.8 Å². The van der Waals surface area contributed by atoms with Crippen molar-refractivity contribution < 1.29 is 4.79 Å². The van der Waals surface area contributed by atoms with Crippen molar-refractivity contribution in [2.24, 2.45) is 5.41 Å². The molecule has 0 bridgehead atoms. The minimum Gasteiger partial charge on any atom is -0.369 e. The van der Waals surface area contributed by atoms with Crippen molar-refractivity contribution in [1.29, 1.82) is 0 Å². The van der Waals surface area contributed by atoms with Gasteiger partial charge in [-0.2, -0.15) is 0 Å². The van der Waals surface area contributed by atoms with Gasteiger partial charge in [0.15, 0.2) is 6.29 Å². The zero-order chi connectivity index (χ0) is 13.1. The maximum Gasteiger partial charge on any atom is 0.156 e. The van der Waals surface area contributed by atoms with E-state index in [9.17, 15) is 4.79 Å². The molecule has 0 aliphatic heterocycles. The molecule has 0 amide bonds. The van der Waals surface area contributed by atoms with Crippen LogP contribution < -0.4 is 5.32 Å². The Hall–Kier alpha value is -1.16. The van der Waals surface area contributed by atoms with Gasteiger partial charge in [0.1, 0.15) is 16.8 Å². The molecule has 0 unspecified atom stereocenters. The SMILES string of the molecule is Cc1nc(Cl)c(C=O)c(NCCC(C)(C)C)n1. The molecule has 1 heterocycles. The zero-order valence-corrected chi connectivity index (χ0v) is 11.4. The van der Waals surface area contributed by atoms with Crippen LogP contribution in [0.2, 0.25) is 5.15 Å². The molecule has 0 saturated heterocycles. The predicted molar refractivity (Wildman–Crippen MR) is 69.7 cm³/mol. The fourth-order valence-corrected chi connectivity index (χ4v) is 1.60. The summed E-state index contributed by atoms with van der Waals surface area (Å²) in [7, 11) is 0. The zero-order valence-electron chi connectivity index (χ0n) is 10.7. The molecule has 1 aromatic heterocycles. The van der Waals surface area contributed by atoms with Crippen LogP contribution in [0.15, 0.2) is 0 Å². The van der Waals surface area contributed by atoms with Crippen molar-refractivity contribution in [1.82, 2.24) is 9.97 Å². The van der Waals surface area contributed by atoms with Crippen molar-refractivity contribution in [3.05, 3.63) is 16.5 Å². The number of aryl methyl sites for hydroxylation is 1. The van der Waals surface area contributed by atoms with Gasteiger partial charge in [0.2, 0.25) is 0 Å². The maximum absolute atomic E-state index is 10.9. The van der Waals surface area contributed by atoms with Gasteiger partial charge in [-0.1, -0.05) is 32.4 Å². The third-order valence-corrected chi connectivity index (χ3v) is 2.58. The normalized spacial score (nSPS) is 11.4. The lowest BCUT2D eigenvalue weighted by molar-refractivity contribution is 0.112. The minimum atomic E-state index is 0.200. The fourth-order valence-electron chi connectivity index (χ4n) is 1.34. The summed E-state index contributed by atoms with van der Waals surface area (Å²) in [6, 6.07) is 0. The van der Waals surface area contributed by atoms with Crippen LogP contribution in [0.3, 0.4) is 0 Å². The van der Waals surface area contributed by atoms with E-state index in [1.54, 1.807) is 6.92 Å². The Bertz CT molecular complexity index is 413.